The number of hydrogen-bond acceptors (Lipinski definition) is 3. The van der Waals surface area contributed by atoms with Crippen molar-refractivity contribution in [3.8, 4) is 0 Å². The topological polar surface area (TPSA) is 81.7 Å². The molecule has 37 heavy (non-hydrogen) atoms. The SMILES string of the molecule is O=C(Nc1cccc(NC(=O)N2CCC(O)(c3ccc(Br)cc3)CC2)c1)c1cc(C(F)(F)F)ccc1F. The average Bonchev–Trinajstić information content (AvgIpc) is 2.84. The molecular formula is C26H22BrF4N3O3. The van der Waals surface area contributed by atoms with Gasteiger partial charge in [0.2, 0.25) is 0 Å². The number of benzene rings is 3. The largest absolute Gasteiger partial charge is 0.416 e. The van der Waals surface area contributed by atoms with Crippen LogP contribution in [-0.4, -0.2) is 35.0 Å². The number of anilines is 2. The summed E-state index contributed by atoms with van der Waals surface area (Å²) in [5.41, 5.74) is -1.69. The lowest BCUT2D eigenvalue weighted by Crippen LogP contribution is -2.46. The van der Waals surface area contributed by atoms with Gasteiger partial charge in [-0.05, 0) is 66.9 Å². The van der Waals surface area contributed by atoms with Gasteiger partial charge in [0.25, 0.3) is 5.91 Å². The van der Waals surface area contributed by atoms with E-state index in [1.807, 2.05) is 24.3 Å². The normalized spacial score (nSPS) is 15.2. The molecule has 0 radical (unpaired) electrons. The molecule has 1 fully saturated rings. The van der Waals surface area contributed by atoms with E-state index in [0.29, 0.717) is 49.8 Å². The van der Waals surface area contributed by atoms with Crippen LogP contribution in [0.1, 0.15) is 34.3 Å². The number of urea groups is 1. The molecule has 194 valence electrons. The molecule has 0 aliphatic carbocycles. The third-order valence-corrected chi connectivity index (χ3v) is 6.70. The van der Waals surface area contributed by atoms with Crippen molar-refractivity contribution < 1.29 is 32.3 Å². The zero-order chi connectivity index (χ0) is 26.8. The van der Waals surface area contributed by atoms with Crippen molar-refractivity contribution in [2.45, 2.75) is 24.6 Å². The quantitative estimate of drug-likeness (QED) is 0.314. The fourth-order valence-electron chi connectivity index (χ4n) is 4.08. The molecule has 0 bridgehead atoms. The molecule has 1 heterocycles. The second-order valence-electron chi connectivity index (χ2n) is 8.68. The van der Waals surface area contributed by atoms with Crippen molar-refractivity contribution in [3.63, 3.8) is 0 Å². The molecule has 0 saturated carbocycles. The van der Waals surface area contributed by atoms with Gasteiger partial charge in [-0.2, -0.15) is 13.2 Å². The molecule has 1 aliphatic rings. The van der Waals surface area contributed by atoms with E-state index < -0.39 is 40.7 Å². The van der Waals surface area contributed by atoms with Crippen molar-refractivity contribution in [2.24, 2.45) is 0 Å². The average molecular weight is 580 g/mol. The second kappa shape index (κ2) is 10.5. The molecule has 3 N–H and O–H groups in total. The smallest absolute Gasteiger partial charge is 0.385 e. The Bertz CT molecular complexity index is 1310. The van der Waals surface area contributed by atoms with Gasteiger partial charge in [-0.3, -0.25) is 4.79 Å². The van der Waals surface area contributed by atoms with Gasteiger partial charge >= 0.3 is 12.2 Å². The van der Waals surface area contributed by atoms with Crippen LogP contribution in [0.3, 0.4) is 0 Å². The van der Waals surface area contributed by atoms with Crippen molar-refractivity contribution in [3.05, 3.63) is 93.7 Å². The highest BCUT2D eigenvalue weighted by atomic mass is 79.9. The Morgan fingerprint density at radius 2 is 1.54 bits per heavy atom. The van der Waals surface area contributed by atoms with Crippen LogP contribution in [-0.2, 0) is 11.8 Å². The summed E-state index contributed by atoms with van der Waals surface area (Å²) in [6.45, 7) is 0.618. The Balaban J connectivity index is 1.38. The molecule has 1 saturated heterocycles. The van der Waals surface area contributed by atoms with Crippen molar-refractivity contribution in [1.29, 1.82) is 0 Å². The Hall–Kier alpha value is -3.44. The number of carbonyl (C=O) groups excluding carboxylic acids is 2. The van der Waals surface area contributed by atoms with E-state index in [2.05, 4.69) is 26.6 Å². The van der Waals surface area contributed by atoms with Gasteiger partial charge in [0, 0.05) is 28.9 Å². The third kappa shape index (κ3) is 6.28. The van der Waals surface area contributed by atoms with E-state index in [1.165, 1.54) is 18.2 Å². The first-order valence-electron chi connectivity index (χ1n) is 11.3. The van der Waals surface area contributed by atoms with Gasteiger partial charge in [0.1, 0.15) is 5.82 Å². The van der Waals surface area contributed by atoms with Crippen molar-refractivity contribution >= 4 is 39.2 Å². The van der Waals surface area contributed by atoms with E-state index in [9.17, 15) is 32.3 Å². The zero-order valence-corrected chi connectivity index (χ0v) is 20.9. The van der Waals surface area contributed by atoms with Crippen LogP contribution < -0.4 is 10.6 Å². The molecule has 0 unspecified atom stereocenters. The predicted molar refractivity (Wildman–Crippen MR) is 134 cm³/mol. The molecule has 1 aliphatic heterocycles. The Labute approximate surface area is 218 Å². The van der Waals surface area contributed by atoms with E-state index in [0.717, 1.165) is 10.0 Å². The van der Waals surface area contributed by atoms with Crippen LogP contribution in [0.15, 0.2) is 71.2 Å². The lowest BCUT2D eigenvalue weighted by molar-refractivity contribution is -0.137. The van der Waals surface area contributed by atoms with E-state index in [4.69, 9.17) is 0 Å². The number of alkyl halides is 3. The monoisotopic (exact) mass is 579 g/mol. The summed E-state index contributed by atoms with van der Waals surface area (Å²) in [5.74, 6) is -2.15. The van der Waals surface area contributed by atoms with Crippen LogP contribution in [0, 0.1) is 5.82 Å². The van der Waals surface area contributed by atoms with Gasteiger partial charge in [0.05, 0.1) is 16.7 Å². The lowest BCUT2D eigenvalue weighted by atomic mass is 9.84. The van der Waals surface area contributed by atoms with Gasteiger partial charge in [-0.15, -0.1) is 0 Å². The maximum atomic E-state index is 14.0. The zero-order valence-electron chi connectivity index (χ0n) is 19.3. The number of piperidine rings is 1. The number of rotatable bonds is 4. The van der Waals surface area contributed by atoms with Crippen LogP contribution in [0.2, 0.25) is 0 Å². The molecule has 11 heteroatoms. The first-order valence-corrected chi connectivity index (χ1v) is 12.1. The summed E-state index contributed by atoms with van der Waals surface area (Å²) in [6.07, 6.45) is -4.03. The minimum Gasteiger partial charge on any atom is -0.385 e. The third-order valence-electron chi connectivity index (χ3n) is 6.17. The number of nitrogens with zero attached hydrogens (tertiary/aromatic N) is 1. The number of aliphatic hydroxyl groups is 1. The van der Waals surface area contributed by atoms with Crippen molar-refractivity contribution in [2.75, 3.05) is 23.7 Å². The summed E-state index contributed by atoms with van der Waals surface area (Å²) in [4.78, 5) is 26.8. The van der Waals surface area contributed by atoms with E-state index >= 15 is 0 Å². The molecule has 6 nitrogen and oxygen atoms in total. The highest BCUT2D eigenvalue weighted by Gasteiger charge is 2.35. The molecule has 0 aromatic heterocycles. The van der Waals surface area contributed by atoms with Gasteiger partial charge < -0.3 is 20.6 Å². The molecule has 3 amide bonds. The van der Waals surface area contributed by atoms with Gasteiger partial charge in [-0.1, -0.05) is 34.1 Å². The minimum atomic E-state index is -4.73. The van der Waals surface area contributed by atoms with Gasteiger partial charge in [-0.25, -0.2) is 9.18 Å². The molecular weight excluding hydrogens is 558 g/mol. The second-order valence-corrected chi connectivity index (χ2v) is 9.60. The molecule has 0 atom stereocenters. The summed E-state index contributed by atoms with van der Waals surface area (Å²) in [7, 11) is 0. The van der Waals surface area contributed by atoms with Gasteiger partial charge in [0.15, 0.2) is 0 Å². The predicted octanol–water partition coefficient (Wildman–Crippen LogP) is 6.37. The number of amides is 3. The number of halogens is 5. The van der Waals surface area contributed by atoms with Crippen LogP contribution >= 0.6 is 15.9 Å². The Kier molecular flexibility index (Phi) is 7.56. The number of likely N-dealkylation sites (tertiary alicyclic amines) is 1. The summed E-state index contributed by atoms with van der Waals surface area (Å²) in [5, 5.41) is 16.1. The fourth-order valence-corrected chi connectivity index (χ4v) is 4.34. The number of nitrogens with one attached hydrogen (secondary N) is 2. The summed E-state index contributed by atoms with van der Waals surface area (Å²) >= 11 is 3.37. The molecule has 3 aromatic rings. The maximum Gasteiger partial charge on any atom is 0.416 e. The molecule has 3 aromatic carbocycles. The lowest BCUT2D eigenvalue weighted by Gasteiger charge is -2.38. The van der Waals surface area contributed by atoms with E-state index in [-0.39, 0.29) is 5.69 Å². The summed E-state index contributed by atoms with van der Waals surface area (Å²) in [6, 6.07) is 14.5. The maximum absolute atomic E-state index is 14.0. The summed E-state index contributed by atoms with van der Waals surface area (Å²) < 4.78 is 53.8. The van der Waals surface area contributed by atoms with Crippen LogP contribution in [0.4, 0.5) is 33.7 Å². The fraction of sp³-hybridized carbons (Fsp3) is 0.231. The molecule has 4 rings (SSSR count). The number of carbonyl (C=O) groups is 2. The number of hydrogen-bond donors (Lipinski definition) is 3. The first-order chi connectivity index (χ1) is 17.4. The van der Waals surface area contributed by atoms with Crippen LogP contribution in [0.25, 0.3) is 0 Å². The van der Waals surface area contributed by atoms with E-state index in [1.54, 1.807) is 11.0 Å². The Morgan fingerprint density at radius 1 is 0.919 bits per heavy atom. The Morgan fingerprint density at radius 3 is 2.16 bits per heavy atom. The molecule has 0 spiro atoms. The minimum absolute atomic E-state index is 0.155. The first kappa shape index (κ1) is 26.6. The van der Waals surface area contributed by atoms with Crippen LogP contribution in [0.5, 0.6) is 0 Å². The van der Waals surface area contributed by atoms with Crippen molar-refractivity contribution in [1.82, 2.24) is 4.90 Å². The highest BCUT2D eigenvalue weighted by molar-refractivity contribution is 9.10. The highest BCUT2D eigenvalue weighted by Crippen LogP contribution is 2.34. The standard InChI is InChI=1S/C26H22BrF4N3O3/c27-18-7-4-16(5-8-18)25(37)10-12-34(13-11-25)24(36)33-20-3-1-2-19(15-20)32-23(35)21-14-17(26(29,30)31)6-9-22(21)28/h1-9,14-15,37H,10-13H2,(H,32,35)(H,33,36).